The fourth-order valence-corrected chi connectivity index (χ4v) is 4.57. The molecule has 0 aliphatic carbocycles. The second-order valence-electron chi connectivity index (χ2n) is 4.49. The Kier molecular flexibility index (Phi) is 3.08. The largest absolute Gasteiger partial charge is 0.469 e. The molecule has 0 spiro atoms. The molecule has 16 heavy (non-hydrogen) atoms. The van der Waals surface area contributed by atoms with Gasteiger partial charge in [0.05, 0.1) is 17.8 Å². The average Bonchev–Trinajstić information content (AvgIpc) is 2.69. The lowest BCUT2D eigenvalue weighted by atomic mass is 9.79. The third-order valence-electron chi connectivity index (χ3n) is 3.27. The predicted molar refractivity (Wildman–Crippen MR) is 61.9 cm³/mol. The summed E-state index contributed by atoms with van der Waals surface area (Å²) < 4.78 is 28.9. The molecule has 1 aromatic rings. The van der Waals surface area contributed by atoms with Gasteiger partial charge in [-0.05, 0) is 37.9 Å². The molecule has 1 aliphatic heterocycles. The molecule has 1 atom stereocenters. The van der Waals surface area contributed by atoms with Crippen molar-refractivity contribution in [2.45, 2.75) is 24.7 Å². The summed E-state index contributed by atoms with van der Waals surface area (Å²) in [5.74, 6) is 1.23. The van der Waals surface area contributed by atoms with Crippen LogP contribution in [0.4, 0.5) is 0 Å². The third-order valence-corrected chi connectivity index (χ3v) is 5.18. The molecule has 1 aliphatic rings. The summed E-state index contributed by atoms with van der Waals surface area (Å²) in [4.78, 5) is 0. The zero-order valence-electron chi connectivity index (χ0n) is 9.19. The van der Waals surface area contributed by atoms with Gasteiger partial charge < -0.3 is 10.2 Å². The second-order valence-corrected chi connectivity index (χ2v) is 6.68. The predicted octanol–water partition coefficient (Wildman–Crippen LogP) is 1.07. The molecule has 2 heterocycles. The van der Waals surface area contributed by atoms with Crippen LogP contribution in [0.25, 0.3) is 0 Å². The Morgan fingerprint density at radius 1 is 1.50 bits per heavy atom. The van der Waals surface area contributed by atoms with Gasteiger partial charge in [0.1, 0.15) is 5.76 Å². The van der Waals surface area contributed by atoms with Gasteiger partial charge >= 0.3 is 0 Å². The molecular formula is C11H17NO3S. The van der Waals surface area contributed by atoms with E-state index in [1.54, 1.807) is 12.3 Å². The Morgan fingerprint density at radius 3 is 2.88 bits per heavy atom. The minimum Gasteiger partial charge on any atom is -0.469 e. The van der Waals surface area contributed by atoms with Crippen LogP contribution >= 0.6 is 0 Å². The summed E-state index contributed by atoms with van der Waals surface area (Å²) in [6, 6.07) is 3.66. The average molecular weight is 243 g/mol. The molecule has 4 nitrogen and oxygen atoms in total. The zero-order valence-corrected chi connectivity index (χ0v) is 10.0. The molecule has 0 amide bonds. The van der Waals surface area contributed by atoms with Crippen molar-refractivity contribution in [3.05, 3.63) is 24.2 Å². The minimum absolute atomic E-state index is 0.171. The molecule has 5 heteroatoms. The van der Waals surface area contributed by atoms with Gasteiger partial charge in [-0.25, -0.2) is 8.42 Å². The Balaban J connectivity index is 2.36. The zero-order chi connectivity index (χ0) is 11.6. The molecule has 2 N–H and O–H groups in total. The van der Waals surface area contributed by atoms with Crippen LogP contribution < -0.4 is 5.73 Å². The standard InChI is InChI=1S/C11H17NO3S/c12-6-5-11(10-3-1-7-15-10)4-2-8-16(13,14)9-11/h1,3,7H,2,4-6,8-9,12H2. The van der Waals surface area contributed by atoms with Crippen LogP contribution in [0.1, 0.15) is 25.0 Å². The monoisotopic (exact) mass is 243 g/mol. The summed E-state index contributed by atoms with van der Waals surface area (Å²) in [5, 5.41) is 0. The smallest absolute Gasteiger partial charge is 0.151 e. The summed E-state index contributed by atoms with van der Waals surface area (Å²) in [7, 11) is -2.95. The first-order valence-corrected chi connectivity index (χ1v) is 7.35. The molecule has 0 radical (unpaired) electrons. The lowest BCUT2D eigenvalue weighted by Gasteiger charge is -2.34. The van der Waals surface area contributed by atoms with Crippen LogP contribution in [-0.2, 0) is 15.3 Å². The van der Waals surface area contributed by atoms with Gasteiger partial charge in [0, 0.05) is 5.41 Å². The van der Waals surface area contributed by atoms with Crippen LogP contribution in [0.2, 0.25) is 0 Å². The first-order valence-electron chi connectivity index (χ1n) is 5.52. The van der Waals surface area contributed by atoms with E-state index in [0.717, 1.165) is 12.2 Å². The summed E-state index contributed by atoms with van der Waals surface area (Å²) in [6.45, 7) is 0.482. The van der Waals surface area contributed by atoms with E-state index in [9.17, 15) is 8.42 Å². The van der Waals surface area contributed by atoms with Crippen molar-refractivity contribution in [1.29, 1.82) is 0 Å². The maximum Gasteiger partial charge on any atom is 0.151 e. The normalized spacial score (nSPS) is 29.1. The minimum atomic E-state index is -2.95. The van der Waals surface area contributed by atoms with Gasteiger partial charge in [-0.15, -0.1) is 0 Å². The number of hydrogen-bond acceptors (Lipinski definition) is 4. The number of sulfone groups is 1. The van der Waals surface area contributed by atoms with Crippen molar-refractivity contribution in [2.24, 2.45) is 5.73 Å². The van der Waals surface area contributed by atoms with Gasteiger partial charge in [0.25, 0.3) is 0 Å². The Labute approximate surface area is 95.7 Å². The topological polar surface area (TPSA) is 73.3 Å². The van der Waals surface area contributed by atoms with Crippen molar-refractivity contribution < 1.29 is 12.8 Å². The van der Waals surface area contributed by atoms with Crippen molar-refractivity contribution in [3.63, 3.8) is 0 Å². The molecule has 2 rings (SSSR count). The summed E-state index contributed by atoms with van der Waals surface area (Å²) >= 11 is 0. The molecule has 1 aromatic heterocycles. The Bertz CT molecular complexity index is 434. The summed E-state index contributed by atoms with van der Waals surface area (Å²) in [5.41, 5.74) is 5.21. The molecule has 0 bridgehead atoms. The quantitative estimate of drug-likeness (QED) is 0.862. The van der Waals surface area contributed by atoms with Crippen molar-refractivity contribution in [1.82, 2.24) is 0 Å². The molecule has 1 unspecified atom stereocenters. The molecule has 0 saturated carbocycles. The molecule has 0 aromatic carbocycles. The maximum atomic E-state index is 11.8. The van der Waals surface area contributed by atoms with Gasteiger partial charge in [-0.2, -0.15) is 0 Å². The van der Waals surface area contributed by atoms with Crippen molar-refractivity contribution >= 4 is 9.84 Å². The highest BCUT2D eigenvalue weighted by Crippen LogP contribution is 2.38. The SMILES string of the molecule is NCCC1(c2ccco2)CCCS(=O)(=O)C1. The summed E-state index contributed by atoms with van der Waals surface area (Å²) in [6.07, 6.45) is 3.80. The highest BCUT2D eigenvalue weighted by atomic mass is 32.2. The lowest BCUT2D eigenvalue weighted by molar-refractivity contribution is 0.312. The number of furan rings is 1. The Hall–Kier alpha value is -0.810. The van der Waals surface area contributed by atoms with Crippen LogP contribution in [0.15, 0.2) is 22.8 Å². The number of hydrogen-bond donors (Lipinski definition) is 1. The fraction of sp³-hybridized carbons (Fsp3) is 0.636. The highest BCUT2D eigenvalue weighted by molar-refractivity contribution is 7.91. The van der Waals surface area contributed by atoms with E-state index in [1.165, 1.54) is 0 Å². The van der Waals surface area contributed by atoms with E-state index in [0.29, 0.717) is 25.1 Å². The third kappa shape index (κ3) is 2.15. The van der Waals surface area contributed by atoms with Gasteiger partial charge in [0.2, 0.25) is 0 Å². The van der Waals surface area contributed by atoms with E-state index in [2.05, 4.69) is 0 Å². The molecule has 1 saturated heterocycles. The van der Waals surface area contributed by atoms with Crippen LogP contribution in [-0.4, -0.2) is 26.5 Å². The van der Waals surface area contributed by atoms with E-state index >= 15 is 0 Å². The maximum absolute atomic E-state index is 11.8. The first-order chi connectivity index (χ1) is 7.58. The molecule has 90 valence electrons. The second kappa shape index (κ2) is 4.22. The van der Waals surface area contributed by atoms with Crippen molar-refractivity contribution in [3.8, 4) is 0 Å². The van der Waals surface area contributed by atoms with Gasteiger partial charge in [-0.1, -0.05) is 0 Å². The van der Waals surface area contributed by atoms with Gasteiger partial charge in [-0.3, -0.25) is 0 Å². The molecular weight excluding hydrogens is 226 g/mol. The Morgan fingerprint density at radius 2 is 2.31 bits per heavy atom. The van der Waals surface area contributed by atoms with E-state index < -0.39 is 15.3 Å². The fourth-order valence-electron chi connectivity index (χ4n) is 2.57. The van der Waals surface area contributed by atoms with Crippen LogP contribution in [0.3, 0.4) is 0 Å². The van der Waals surface area contributed by atoms with Gasteiger partial charge in [0.15, 0.2) is 9.84 Å². The van der Waals surface area contributed by atoms with E-state index in [1.807, 2.05) is 6.07 Å². The van der Waals surface area contributed by atoms with Crippen LogP contribution in [0.5, 0.6) is 0 Å². The number of rotatable bonds is 3. The highest BCUT2D eigenvalue weighted by Gasteiger charge is 2.41. The van der Waals surface area contributed by atoms with E-state index in [4.69, 9.17) is 10.2 Å². The molecule has 1 fully saturated rings. The van der Waals surface area contributed by atoms with E-state index in [-0.39, 0.29) is 5.75 Å². The first kappa shape index (κ1) is 11.7. The lowest BCUT2D eigenvalue weighted by Crippen LogP contribution is -2.41. The van der Waals surface area contributed by atoms with Crippen molar-refractivity contribution in [2.75, 3.05) is 18.1 Å². The number of nitrogens with two attached hydrogens (primary N) is 1. The van der Waals surface area contributed by atoms with Crippen LogP contribution in [0, 0.1) is 0 Å².